The highest BCUT2D eigenvalue weighted by Crippen LogP contribution is 2.25. The Morgan fingerprint density at radius 3 is 2.56 bits per heavy atom. The summed E-state index contributed by atoms with van der Waals surface area (Å²) in [5.41, 5.74) is -0.550. The van der Waals surface area contributed by atoms with Crippen molar-refractivity contribution in [2.24, 2.45) is 7.05 Å². The Kier molecular flexibility index (Phi) is 1.60. The van der Waals surface area contributed by atoms with E-state index in [1.54, 1.807) is 17.7 Å². The van der Waals surface area contributed by atoms with Crippen molar-refractivity contribution in [2.75, 3.05) is 0 Å². The third-order valence-electron chi connectivity index (χ3n) is 2.56. The van der Waals surface area contributed by atoms with Crippen LogP contribution < -0.4 is 11.3 Å². The van der Waals surface area contributed by atoms with Crippen molar-refractivity contribution in [3.05, 3.63) is 45.1 Å². The summed E-state index contributed by atoms with van der Waals surface area (Å²) in [7, 11) is 1.74. The van der Waals surface area contributed by atoms with E-state index in [1.165, 1.54) is 0 Å². The van der Waals surface area contributed by atoms with Crippen LogP contribution in [0.25, 0.3) is 22.2 Å². The third kappa shape index (κ3) is 0.995. The van der Waals surface area contributed by atoms with Gasteiger partial charge in [-0.05, 0) is 12.1 Å². The van der Waals surface area contributed by atoms with Crippen LogP contribution in [0, 0.1) is 0 Å². The number of hydrogen-bond acceptors (Lipinski definition) is 4. The number of fused-ring (bicyclic) bond motifs is 3. The van der Waals surface area contributed by atoms with E-state index in [-0.39, 0.29) is 5.71 Å². The first-order chi connectivity index (χ1) is 7.68. The number of aryl methyl sites for hydroxylation is 1. The average Bonchev–Trinajstić information content (AvgIpc) is 2.55. The molecule has 0 aliphatic rings. The molecule has 0 saturated heterocycles. The molecule has 0 aliphatic heterocycles. The average molecular weight is 217 g/mol. The van der Waals surface area contributed by atoms with Crippen molar-refractivity contribution in [2.45, 2.75) is 0 Å². The van der Waals surface area contributed by atoms with Crippen molar-refractivity contribution < 1.29 is 8.83 Å². The molecule has 3 rings (SSSR count). The van der Waals surface area contributed by atoms with E-state index in [9.17, 15) is 9.59 Å². The van der Waals surface area contributed by atoms with E-state index >= 15 is 0 Å². The molecule has 0 N–H and O–H groups in total. The minimum atomic E-state index is -0.988. The van der Waals surface area contributed by atoms with Gasteiger partial charge in [-0.15, -0.1) is 0 Å². The molecule has 2 aromatic heterocycles. The standard InChI is InChI=1S/C11H7NO4/c1-12-7-5-3-2-4-6(7)8-9(12)16-11(14)10(13)15-8/h2-5H,1H3. The lowest BCUT2D eigenvalue weighted by Crippen LogP contribution is -2.21. The fourth-order valence-electron chi connectivity index (χ4n) is 1.81. The molecule has 2 heterocycles. The summed E-state index contributed by atoms with van der Waals surface area (Å²) in [6.07, 6.45) is 0. The highest BCUT2D eigenvalue weighted by atomic mass is 16.5. The maximum atomic E-state index is 11.1. The van der Waals surface area contributed by atoms with Crippen molar-refractivity contribution in [3.8, 4) is 0 Å². The van der Waals surface area contributed by atoms with Crippen molar-refractivity contribution in [3.63, 3.8) is 0 Å². The Hall–Kier alpha value is -2.30. The minimum absolute atomic E-state index is 0.269. The van der Waals surface area contributed by atoms with Crippen LogP contribution in [0.5, 0.6) is 0 Å². The maximum Gasteiger partial charge on any atom is 0.424 e. The van der Waals surface area contributed by atoms with E-state index < -0.39 is 11.3 Å². The van der Waals surface area contributed by atoms with Crippen molar-refractivity contribution >= 4 is 22.2 Å². The van der Waals surface area contributed by atoms with Gasteiger partial charge >= 0.3 is 11.3 Å². The molecule has 0 radical (unpaired) electrons. The van der Waals surface area contributed by atoms with Crippen LogP contribution in [0.2, 0.25) is 0 Å². The predicted octanol–water partition coefficient (Wildman–Crippen LogP) is 1.24. The topological polar surface area (TPSA) is 65.3 Å². The quantitative estimate of drug-likeness (QED) is 0.531. The van der Waals surface area contributed by atoms with Gasteiger partial charge in [0.15, 0.2) is 0 Å². The molecule has 5 heteroatoms. The molecule has 0 fully saturated rings. The summed E-state index contributed by atoms with van der Waals surface area (Å²) in [6.45, 7) is 0. The second-order valence-electron chi connectivity index (χ2n) is 3.49. The fourth-order valence-corrected chi connectivity index (χ4v) is 1.81. The van der Waals surface area contributed by atoms with E-state index in [0.29, 0.717) is 5.58 Å². The Bertz CT molecular complexity index is 806. The number of hydrogen-bond donors (Lipinski definition) is 0. The zero-order valence-corrected chi connectivity index (χ0v) is 8.39. The molecule has 1 aromatic carbocycles. The number of para-hydroxylation sites is 1. The summed E-state index contributed by atoms with van der Waals surface area (Å²) in [6, 6.07) is 7.35. The van der Waals surface area contributed by atoms with Crippen LogP contribution in [-0.4, -0.2) is 4.57 Å². The normalized spacial score (nSPS) is 11.3. The van der Waals surface area contributed by atoms with Gasteiger partial charge in [-0.1, -0.05) is 12.1 Å². The molecular weight excluding hydrogens is 210 g/mol. The summed E-state index contributed by atoms with van der Waals surface area (Å²) < 4.78 is 11.5. The van der Waals surface area contributed by atoms with Crippen LogP contribution in [-0.2, 0) is 7.05 Å². The number of aromatic nitrogens is 1. The van der Waals surface area contributed by atoms with Gasteiger partial charge in [-0.3, -0.25) is 0 Å². The van der Waals surface area contributed by atoms with Crippen LogP contribution in [0.1, 0.15) is 0 Å². The summed E-state index contributed by atoms with van der Waals surface area (Å²) in [5, 5.41) is 0.751. The van der Waals surface area contributed by atoms with E-state index in [2.05, 4.69) is 0 Å². The highest BCUT2D eigenvalue weighted by molar-refractivity contribution is 6.02. The summed E-state index contributed by atoms with van der Waals surface area (Å²) in [5.74, 6) is 0. The molecule has 80 valence electrons. The van der Waals surface area contributed by atoms with E-state index in [0.717, 1.165) is 10.9 Å². The number of benzene rings is 1. The third-order valence-corrected chi connectivity index (χ3v) is 2.56. The largest absolute Gasteiger partial charge is 0.424 e. The van der Waals surface area contributed by atoms with Gasteiger partial charge in [0.2, 0.25) is 11.3 Å². The van der Waals surface area contributed by atoms with Gasteiger partial charge in [0.1, 0.15) is 0 Å². The zero-order valence-electron chi connectivity index (χ0n) is 8.39. The van der Waals surface area contributed by atoms with Crippen LogP contribution in [0.4, 0.5) is 0 Å². The van der Waals surface area contributed by atoms with E-state index in [1.807, 2.05) is 18.2 Å². The predicted molar refractivity (Wildman–Crippen MR) is 57.5 cm³/mol. The fraction of sp³-hybridized carbons (Fsp3) is 0.0909. The lowest BCUT2D eigenvalue weighted by atomic mass is 10.2. The smallest absolute Gasteiger partial charge is 0.412 e. The van der Waals surface area contributed by atoms with Crippen LogP contribution >= 0.6 is 0 Å². The van der Waals surface area contributed by atoms with Gasteiger partial charge in [-0.25, -0.2) is 9.59 Å². The summed E-state index contributed by atoms with van der Waals surface area (Å²) >= 11 is 0. The Balaban J connectivity index is 2.73. The first-order valence-electron chi connectivity index (χ1n) is 4.70. The Labute approximate surface area is 88.5 Å². The molecule has 0 saturated carbocycles. The van der Waals surface area contributed by atoms with Crippen molar-refractivity contribution in [1.29, 1.82) is 0 Å². The molecule has 0 unspecified atom stereocenters. The maximum absolute atomic E-state index is 11.1. The van der Waals surface area contributed by atoms with Gasteiger partial charge < -0.3 is 13.4 Å². The molecule has 0 spiro atoms. The zero-order chi connectivity index (χ0) is 11.3. The minimum Gasteiger partial charge on any atom is -0.412 e. The van der Waals surface area contributed by atoms with Crippen LogP contribution in [0.3, 0.4) is 0 Å². The molecule has 5 nitrogen and oxygen atoms in total. The lowest BCUT2D eigenvalue weighted by molar-refractivity contribution is 0.440. The van der Waals surface area contributed by atoms with Gasteiger partial charge in [0.25, 0.3) is 0 Å². The highest BCUT2D eigenvalue weighted by Gasteiger charge is 2.14. The molecule has 0 bridgehead atoms. The molecular formula is C11H7NO4. The second-order valence-corrected chi connectivity index (χ2v) is 3.49. The Morgan fingerprint density at radius 1 is 1.06 bits per heavy atom. The van der Waals surface area contributed by atoms with Crippen LogP contribution in [0.15, 0.2) is 42.7 Å². The first kappa shape index (κ1) is 8.96. The van der Waals surface area contributed by atoms with Gasteiger partial charge in [0, 0.05) is 12.4 Å². The van der Waals surface area contributed by atoms with E-state index in [4.69, 9.17) is 8.83 Å². The Morgan fingerprint density at radius 2 is 1.75 bits per heavy atom. The SMILES string of the molecule is Cn1c2ccccc2c2oc(=O)c(=O)oc21. The number of nitrogens with zero attached hydrogens (tertiary/aromatic N) is 1. The molecule has 16 heavy (non-hydrogen) atoms. The first-order valence-corrected chi connectivity index (χ1v) is 4.70. The monoisotopic (exact) mass is 217 g/mol. The number of rotatable bonds is 0. The molecule has 0 amide bonds. The van der Waals surface area contributed by atoms with Gasteiger partial charge in [0.05, 0.1) is 5.52 Å². The lowest BCUT2D eigenvalue weighted by Gasteiger charge is -1.93. The second kappa shape index (κ2) is 2.85. The summed E-state index contributed by atoms with van der Waals surface area (Å²) in [4.78, 5) is 22.2. The van der Waals surface area contributed by atoms with Gasteiger partial charge in [-0.2, -0.15) is 0 Å². The molecule has 0 aliphatic carbocycles. The van der Waals surface area contributed by atoms with Crippen molar-refractivity contribution in [1.82, 2.24) is 4.57 Å². The molecule has 0 atom stereocenters. The molecule has 3 aromatic rings.